The molecule has 1 fully saturated rings. The van der Waals surface area contributed by atoms with Crippen LogP contribution in [-0.2, 0) is 6.54 Å². The number of halogens is 1. The zero-order valence-electron chi connectivity index (χ0n) is 10.8. The Kier molecular flexibility index (Phi) is 4.12. The van der Waals surface area contributed by atoms with Crippen molar-refractivity contribution in [2.45, 2.75) is 19.4 Å². The topological polar surface area (TPSA) is 34.0 Å². The highest BCUT2D eigenvalue weighted by molar-refractivity contribution is 14.1. The van der Waals surface area contributed by atoms with Crippen LogP contribution >= 0.6 is 22.6 Å². The molecule has 0 bridgehead atoms. The highest BCUT2D eigenvalue weighted by Gasteiger charge is 2.14. The van der Waals surface area contributed by atoms with Crippen molar-refractivity contribution in [1.82, 2.24) is 19.9 Å². The quantitative estimate of drug-likeness (QED) is 0.779. The largest absolute Gasteiger partial charge is 0.301 e. The van der Waals surface area contributed by atoms with Gasteiger partial charge in [0, 0.05) is 12.1 Å². The molecule has 0 amide bonds. The fraction of sp³-hybridized carbons (Fsp3) is 0.429. The van der Waals surface area contributed by atoms with Gasteiger partial charge in [-0.2, -0.15) is 0 Å². The van der Waals surface area contributed by atoms with Crippen LogP contribution < -0.4 is 0 Å². The molecule has 2 aromatic rings. The van der Waals surface area contributed by atoms with Gasteiger partial charge in [-0.05, 0) is 48.5 Å². The standard InChI is InChI=1S/C14H17IN4/c15-14-13(12-6-2-1-3-7-12)16-17-19(14)11-10-18-8-4-5-9-18/h1-3,6-7H,4-5,8-11H2. The van der Waals surface area contributed by atoms with Gasteiger partial charge in [-0.15, -0.1) is 5.10 Å². The van der Waals surface area contributed by atoms with Gasteiger partial charge >= 0.3 is 0 Å². The summed E-state index contributed by atoms with van der Waals surface area (Å²) in [5, 5.41) is 8.60. The third kappa shape index (κ3) is 2.97. The van der Waals surface area contributed by atoms with E-state index >= 15 is 0 Å². The number of hydrogen-bond donors (Lipinski definition) is 0. The molecule has 1 aliphatic rings. The molecule has 1 aromatic heterocycles. The summed E-state index contributed by atoms with van der Waals surface area (Å²) in [6.07, 6.45) is 2.67. The summed E-state index contributed by atoms with van der Waals surface area (Å²) in [6.45, 7) is 4.47. The van der Waals surface area contributed by atoms with Crippen molar-refractivity contribution in [2.24, 2.45) is 0 Å². The van der Waals surface area contributed by atoms with Gasteiger partial charge in [0.25, 0.3) is 0 Å². The fourth-order valence-electron chi connectivity index (χ4n) is 2.46. The molecule has 1 saturated heterocycles. The molecule has 0 radical (unpaired) electrons. The molecule has 4 nitrogen and oxygen atoms in total. The van der Waals surface area contributed by atoms with Gasteiger partial charge in [-0.25, -0.2) is 4.68 Å². The van der Waals surface area contributed by atoms with Crippen LogP contribution in [0.4, 0.5) is 0 Å². The van der Waals surface area contributed by atoms with Gasteiger partial charge in [0.2, 0.25) is 0 Å². The van der Waals surface area contributed by atoms with Gasteiger partial charge in [-0.3, -0.25) is 0 Å². The highest BCUT2D eigenvalue weighted by atomic mass is 127. The molecule has 0 spiro atoms. The number of likely N-dealkylation sites (tertiary alicyclic amines) is 1. The van der Waals surface area contributed by atoms with Gasteiger partial charge in [0.1, 0.15) is 9.39 Å². The Morgan fingerprint density at radius 2 is 1.79 bits per heavy atom. The van der Waals surface area contributed by atoms with Crippen molar-refractivity contribution in [3.8, 4) is 11.3 Å². The van der Waals surface area contributed by atoms with Gasteiger partial charge in [-0.1, -0.05) is 35.5 Å². The van der Waals surface area contributed by atoms with Crippen molar-refractivity contribution in [3.05, 3.63) is 34.0 Å². The first kappa shape index (κ1) is 13.1. The van der Waals surface area contributed by atoms with Gasteiger partial charge in [0.15, 0.2) is 0 Å². The lowest BCUT2D eigenvalue weighted by Crippen LogP contribution is -2.24. The molecule has 19 heavy (non-hydrogen) atoms. The Bertz CT molecular complexity index is 532. The Morgan fingerprint density at radius 3 is 2.53 bits per heavy atom. The maximum Gasteiger partial charge on any atom is 0.127 e. The van der Waals surface area contributed by atoms with E-state index in [1.165, 1.54) is 25.9 Å². The molecule has 1 aromatic carbocycles. The smallest absolute Gasteiger partial charge is 0.127 e. The van der Waals surface area contributed by atoms with Crippen LogP contribution in [0.2, 0.25) is 0 Å². The zero-order valence-corrected chi connectivity index (χ0v) is 13.0. The summed E-state index contributed by atoms with van der Waals surface area (Å²) < 4.78 is 3.14. The second-order valence-electron chi connectivity index (χ2n) is 4.87. The predicted molar refractivity (Wildman–Crippen MR) is 83.8 cm³/mol. The normalized spacial score (nSPS) is 16.1. The van der Waals surface area contributed by atoms with E-state index in [2.05, 4.69) is 49.9 Å². The molecule has 0 atom stereocenters. The molecule has 5 heteroatoms. The van der Waals surface area contributed by atoms with E-state index in [-0.39, 0.29) is 0 Å². The third-order valence-electron chi connectivity index (χ3n) is 3.55. The average Bonchev–Trinajstić information content (AvgIpc) is 3.07. The average molecular weight is 368 g/mol. The zero-order chi connectivity index (χ0) is 13.1. The van der Waals surface area contributed by atoms with E-state index in [1.54, 1.807) is 0 Å². The molecule has 2 heterocycles. The van der Waals surface area contributed by atoms with E-state index in [1.807, 2.05) is 22.9 Å². The Hall–Kier alpha value is -0.950. The van der Waals surface area contributed by atoms with Crippen LogP contribution in [0.5, 0.6) is 0 Å². The Balaban J connectivity index is 1.72. The van der Waals surface area contributed by atoms with E-state index in [0.29, 0.717) is 0 Å². The van der Waals surface area contributed by atoms with Crippen LogP contribution in [-0.4, -0.2) is 39.5 Å². The molecule has 100 valence electrons. The van der Waals surface area contributed by atoms with Crippen molar-refractivity contribution in [2.75, 3.05) is 19.6 Å². The summed E-state index contributed by atoms with van der Waals surface area (Å²) in [6, 6.07) is 10.3. The fourth-order valence-corrected chi connectivity index (χ4v) is 3.22. The van der Waals surface area contributed by atoms with E-state index in [0.717, 1.165) is 28.0 Å². The number of benzene rings is 1. The molecule has 0 aliphatic carbocycles. The number of rotatable bonds is 4. The van der Waals surface area contributed by atoms with Crippen LogP contribution in [0.3, 0.4) is 0 Å². The van der Waals surface area contributed by atoms with Crippen LogP contribution in [0, 0.1) is 3.70 Å². The Morgan fingerprint density at radius 1 is 1.05 bits per heavy atom. The SMILES string of the molecule is Ic1c(-c2ccccc2)nnn1CCN1CCCC1. The monoisotopic (exact) mass is 368 g/mol. The van der Waals surface area contributed by atoms with Crippen molar-refractivity contribution < 1.29 is 0 Å². The summed E-state index contributed by atoms with van der Waals surface area (Å²) in [5.74, 6) is 0. The van der Waals surface area contributed by atoms with Crippen molar-refractivity contribution in [1.29, 1.82) is 0 Å². The second-order valence-corrected chi connectivity index (χ2v) is 5.89. The maximum absolute atomic E-state index is 4.32. The van der Waals surface area contributed by atoms with Crippen LogP contribution in [0.15, 0.2) is 30.3 Å². The first-order chi connectivity index (χ1) is 9.34. The van der Waals surface area contributed by atoms with E-state index in [9.17, 15) is 0 Å². The first-order valence-electron chi connectivity index (χ1n) is 6.71. The van der Waals surface area contributed by atoms with Gasteiger partial charge in [0.05, 0.1) is 6.54 Å². The molecule has 0 unspecified atom stereocenters. The summed E-state index contributed by atoms with van der Waals surface area (Å²) >= 11 is 2.35. The lowest BCUT2D eigenvalue weighted by Gasteiger charge is -2.14. The molecular weight excluding hydrogens is 351 g/mol. The molecule has 3 rings (SSSR count). The Labute approximate surface area is 126 Å². The minimum atomic E-state index is 0.929. The molecule has 1 aliphatic heterocycles. The second kappa shape index (κ2) is 6.00. The van der Waals surface area contributed by atoms with Gasteiger partial charge < -0.3 is 4.90 Å². The number of hydrogen-bond acceptors (Lipinski definition) is 3. The van der Waals surface area contributed by atoms with E-state index in [4.69, 9.17) is 0 Å². The molecule has 0 N–H and O–H groups in total. The van der Waals surface area contributed by atoms with Crippen LogP contribution in [0.25, 0.3) is 11.3 Å². The lowest BCUT2D eigenvalue weighted by molar-refractivity contribution is 0.312. The minimum absolute atomic E-state index is 0.929. The minimum Gasteiger partial charge on any atom is -0.301 e. The maximum atomic E-state index is 4.32. The number of nitrogens with zero attached hydrogens (tertiary/aromatic N) is 4. The van der Waals surface area contributed by atoms with Crippen molar-refractivity contribution >= 4 is 22.6 Å². The highest BCUT2D eigenvalue weighted by Crippen LogP contribution is 2.22. The summed E-state index contributed by atoms with van der Waals surface area (Å²) in [7, 11) is 0. The van der Waals surface area contributed by atoms with E-state index < -0.39 is 0 Å². The van der Waals surface area contributed by atoms with Crippen LogP contribution in [0.1, 0.15) is 12.8 Å². The lowest BCUT2D eigenvalue weighted by atomic mass is 10.2. The number of aromatic nitrogens is 3. The predicted octanol–water partition coefficient (Wildman–Crippen LogP) is 2.65. The summed E-state index contributed by atoms with van der Waals surface area (Å²) in [4.78, 5) is 2.50. The van der Waals surface area contributed by atoms with Crippen molar-refractivity contribution in [3.63, 3.8) is 0 Å². The summed E-state index contributed by atoms with van der Waals surface area (Å²) in [5.41, 5.74) is 2.13. The third-order valence-corrected chi connectivity index (χ3v) is 4.62. The molecule has 0 saturated carbocycles. The first-order valence-corrected chi connectivity index (χ1v) is 7.79. The molecular formula is C14H17IN4.